The molecule has 1 unspecified atom stereocenters. The molecule has 10 heteroatoms. The van der Waals surface area contributed by atoms with Crippen LogP contribution in [-0.2, 0) is 16.1 Å². The van der Waals surface area contributed by atoms with Crippen molar-refractivity contribution in [2.75, 3.05) is 36.5 Å². The fraction of sp³-hybridized carbons (Fsp3) is 0.333. The van der Waals surface area contributed by atoms with Gasteiger partial charge in [0.15, 0.2) is 6.61 Å². The first-order valence-electron chi connectivity index (χ1n) is 11.3. The van der Waals surface area contributed by atoms with Crippen LogP contribution in [0.2, 0.25) is 0 Å². The van der Waals surface area contributed by atoms with Crippen molar-refractivity contribution < 1.29 is 19.1 Å². The predicted octanol–water partition coefficient (Wildman–Crippen LogP) is 1.83. The number of anilines is 2. The number of aromatic nitrogens is 2. The molecular formula is C24H23N5O5. The maximum atomic E-state index is 12.4. The van der Waals surface area contributed by atoms with Gasteiger partial charge in [-0.25, -0.2) is 9.78 Å². The van der Waals surface area contributed by atoms with E-state index in [2.05, 4.69) is 21.7 Å². The van der Waals surface area contributed by atoms with Gasteiger partial charge in [-0.05, 0) is 42.8 Å². The van der Waals surface area contributed by atoms with Crippen molar-refractivity contribution in [1.29, 1.82) is 0 Å². The van der Waals surface area contributed by atoms with E-state index in [-0.39, 0.29) is 30.1 Å². The number of carbonyl (C=O) groups excluding carboxylic acids is 2. The lowest BCUT2D eigenvalue weighted by Crippen LogP contribution is -2.29. The molecule has 10 nitrogen and oxygen atoms in total. The smallest absolute Gasteiger partial charge is 0.414 e. The summed E-state index contributed by atoms with van der Waals surface area (Å²) in [7, 11) is 0. The Morgan fingerprint density at radius 1 is 1.15 bits per heavy atom. The molecule has 34 heavy (non-hydrogen) atoms. The summed E-state index contributed by atoms with van der Waals surface area (Å²) < 4.78 is 12.7. The quantitative estimate of drug-likeness (QED) is 0.538. The molecule has 2 amide bonds. The lowest BCUT2D eigenvalue weighted by Gasteiger charge is -2.20. The number of fused-ring (bicyclic) bond motifs is 1. The van der Waals surface area contributed by atoms with Crippen molar-refractivity contribution in [2.24, 2.45) is 0 Å². The summed E-state index contributed by atoms with van der Waals surface area (Å²) in [4.78, 5) is 42.1. The highest BCUT2D eigenvalue weighted by Crippen LogP contribution is 2.34. The van der Waals surface area contributed by atoms with Gasteiger partial charge in [-0.1, -0.05) is 12.1 Å². The summed E-state index contributed by atoms with van der Waals surface area (Å²) in [6, 6.07) is 11.2. The topological polar surface area (TPSA) is 115 Å². The summed E-state index contributed by atoms with van der Waals surface area (Å²) in [5.74, 6) is 0.552. The number of carbonyl (C=O) groups is 2. The van der Waals surface area contributed by atoms with Crippen LogP contribution in [0.15, 0.2) is 47.4 Å². The number of ether oxygens (including phenoxy) is 2. The summed E-state index contributed by atoms with van der Waals surface area (Å²) in [6.45, 7) is 2.45. The van der Waals surface area contributed by atoms with Gasteiger partial charge in [0.1, 0.15) is 11.9 Å². The second-order valence-corrected chi connectivity index (χ2v) is 8.75. The Labute approximate surface area is 194 Å². The number of hydrogen-bond acceptors (Lipinski definition) is 7. The maximum Gasteiger partial charge on any atom is 0.414 e. The Bertz CT molecular complexity index is 1370. The summed E-state index contributed by atoms with van der Waals surface area (Å²) in [6.07, 6.45) is 1.40. The van der Waals surface area contributed by atoms with Crippen molar-refractivity contribution in [2.45, 2.75) is 25.0 Å². The van der Waals surface area contributed by atoms with Gasteiger partial charge in [-0.15, -0.1) is 0 Å². The van der Waals surface area contributed by atoms with Gasteiger partial charge in [-0.3, -0.25) is 14.5 Å². The third kappa shape index (κ3) is 3.56. The molecule has 6 rings (SSSR count). The summed E-state index contributed by atoms with van der Waals surface area (Å²) in [5.41, 5.74) is 4.03. The molecule has 1 saturated heterocycles. The molecule has 4 heterocycles. The second kappa shape index (κ2) is 8.14. The van der Waals surface area contributed by atoms with E-state index in [4.69, 9.17) is 9.47 Å². The molecule has 0 saturated carbocycles. The van der Waals surface area contributed by atoms with Crippen LogP contribution in [0.3, 0.4) is 0 Å². The van der Waals surface area contributed by atoms with Crippen LogP contribution in [0.4, 0.5) is 16.2 Å². The molecule has 0 spiro atoms. The molecule has 2 N–H and O–H groups in total. The first-order valence-corrected chi connectivity index (χ1v) is 11.3. The molecule has 2 atom stereocenters. The van der Waals surface area contributed by atoms with Crippen molar-refractivity contribution >= 4 is 34.4 Å². The number of amides is 2. The van der Waals surface area contributed by atoms with E-state index in [0.29, 0.717) is 43.2 Å². The first kappa shape index (κ1) is 20.7. The van der Waals surface area contributed by atoms with E-state index in [0.717, 1.165) is 23.1 Å². The van der Waals surface area contributed by atoms with Crippen LogP contribution in [0.25, 0.3) is 11.0 Å². The summed E-state index contributed by atoms with van der Waals surface area (Å²) >= 11 is 0. The summed E-state index contributed by atoms with van der Waals surface area (Å²) in [5, 5.41) is 6.21. The SMILES string of the molecule is O=C1COc2ccc(N3C[C@@H](CCNCC4Cn5c(=O)cnc6cccc4c65)OC3=O)cc2N1. The zero-order chi connectivity index (χ0) is 23.2. The van der Waals surface area contributed by atoms with Gasteiger partial charge in [0.25, 0.3) is 11.5 Å². The van der Waals surface area contributed by atoms with E-state index in [9.17, 15) is 14.4 Å². The maximum absolute atomic E-state index is 12.4. The highest BCUT2D eigenvalue weighted by Gasteiger charge is 2.33. The average Bonchev–Trinajstić information content (AvgIpc) is 3.40. The molecular weight excluding hydrogens is 438 g/mol. The largest absolute Gasteiger partial charge is 0.482 e. The van der Waals surface area contributed by atoms with Crippen LogP contribution < -0.4 is 25.8 Å². The van der Waals surface area contributed by atoms with Gasteiger partial charge < -0.3 is 24.7 Å². The molecule has 3 aliphatic heterocycles. The lowest BCUT2D eigenvalue weighted by atomic mass is 10.0. The molecule has 3 aromatic rings. The lowest BCUT2D eigenvalue weighted by molar-refractivity contribution is -0.118. The van der Waals surface area contributed by atoms with Crippen LogP contribution in [0.5, 0.6) is 5.75 Å². The van der Waals surface area contributed by atoms with Crippen LogP contribution in [0.1, 0.15) is 17.9 Å². The predicted molar refractivity (Wildman–Crippen MR) is 124 cm³/mol. The van der Waals surface area contributed by atoms with Crippen molar-refractivity contribution in [3.63, 3.8) is 0 Å². The first-order chi connectivity index (χ1) is 16.6. The van der Waals surface area contributed by atoms with Gasteiger partial charge in [0.05, 0.1) is 29.5 Å². The highest BCUT2D eigenvalue weighted by molar-refractivity contribution is 5.97. The van der Waals surface area contributed by atoms with Crippen LogP contribution >= 0.6 is 0 Å². The fourth-order valence-electron chi connectivity index (χ4n) is 4.92. The van der Waals surface area contributed by atoms with E-state index in [1.807, 2.05) is 12.1 Å². The van der Waals surface area contributed by atoms with Crippen molar-refractivity contribution in [3.05, 3.63) is 58.5 Å². The molecule has 0 radical (unpaired) electrons. The molecule has 3 aliphatic rings. The minimum Gasteiger partial charge on any atom is -0.482 e. The standard InChI is InChI=1S/C24H23N5O5/c30-21-13-33-20-5-4-15(8-19(20)27-21)28-12-16(34-24(28)32)6-7-25-9-14-11-29-22(31)10-26-18-3-1-2-17(14)23(18)29/h1-5,8,10,14,16,25H,6-7,9,11-13H2,(H,27,30)/t14?,16-/m1/s1. The molecule has 2 aromatic carbocycles. The van der Waals surface area contributed by atoms with Crippen molar-refractivity contribution in [3.8, 4) is 5.75 Å². The number of rotatable bonds is 6. The minimum absolute atomic E-state index is 0.0110. The van der Waals surface area contributed by atoms with Gasteiger partial charge in [0.2, 0.25) is 0 Å². The Morgan fingerprint density at radius 2 is 2.06 bits per heavy atom. The number of cyclic esters (lactones) is 1. The number of benzene rings is 2. The molecule has 1 fully saturated rings. The number of hydrogen-bond donors (Lipinski definition) is 2. The van der Waals surface area contributed by atoms with Gasteiger partial charge in [-0.2, -0.15) is 0 Å². The normalized spacial score (nSPS) is 20.8. The van der Waals surface area contributed by atoms with Crippen LogP contribution in [-0.4, -0.2) is 53.9 Å². The Kier molecular flexibility index (Phi) is 4.95. The van der Waals surface area contributed by atoms with Gasteiger partial charge >= 0.3 is 6.09 Å². The van der Waals surface area contributed by atoms with E-state index in [1.165, 1.54) is 6.20 Å². The van der Waals surface area contributed by atoms with E-state index >= 15 is 0 Å². The molecule has 0 aliphatic carbocycles. The highest BCUT2D eigenvalue weighted by atomic mass is 16.6. The van der Waals surface area contributed by atoms with Crippen molar-refractivity contribution in [1.82, 2.24) is 14.9 Å². The monoisotopic (exact) mass is 461 g/mol. The third-order valence-corrected chi connectivity index (χ3v) is 6.55. The average molecular weight is 461 g/mol. The Balaban J connectivity index is 1.05. The zero-order valence-corrected chi connectivity index (χ0v) is 18.3. The minimum atomic E-state index is -0.405. The van der Waals surface area contributed by atoms with Crippen LogP contribution in [0, 0.1) is 0 Å². The fourth-order valence-corrected chi connectivity index (χ4v) is 4.92. The third-order valence-electron chi connectivity index (χ3n) is 6.55. The van der Waals surface area contributed by atoms with Gasteiger partial charge in [0, 0.05) is 24.7 Å². The Hall–Kier alpha value is -3.92. The zero-order valence-electron chi connectivity index (χ0n) is 18.3. The molecule has 1 aromatic heterocycles. The number of nitrogens with one attached hydrogen (secondary N) is 2. The Morgan fingerprint density at radius 3 is 2.97 bits per heavy atom. The molecule has 174 valence electrons. The number of nitrogens with zero attached hydrogens (tertiary/aromatic N) is 3. The second-order valence-electron chi connectivity index (χ2n) is 8.75. The molecule has 0 bridgehead atoms. The van der Waals surface area contributed by atoms with E-state index in [1.54, 1.807) is 27.7 Å². The number of para-hydroxylation sites is 1. The van der Waals surface area contributed by atoms with E-state index < -0.39 is 6.09 Å².